The summed E-state index contributed by atoms with van der Waals surface area (Å²) in [4.78, 5) is 9.18. The van der Waals surface area contributed by atoms with Gasteiger partial charge in [0.2, 0.25) is 0 Å². The van der Waals surface area contributed by atoms with Gasteiger partial charge in [-0.15, -0.1) is 0 Å². The Kier molecular flexibility index (Phi) is 8.03. The monoisotopic (exact) mass is 702 g/mol. The Hall–Kier alpha value is -6.90. The van der Waals surface area contributed by atoms with Crippen molar-refractivity contribution in [3.05, 3.63) is 223 Å². The summed E-state index contributed by atoms with van der Waals surface area (Å²) in [6.45, 7) is 2.39. The van der Waals surface area contributed by atoms with Crippen LogP contribution < -0.4 is 10.4 Å². The molecule has 2 unspecified atom stereocenters. The molecule has 0 saturated heterocycles. The molecule has 0 N–H and O–H groups in total. The number of fused-ring (bicyclic) bond motifs is 4. The highest BCUT2D eigenvalue weighted by atomic mass is 14.7. The van der Waals surface area contributed by atoms with Crippen LogP contribution in [0.3, 0.4) is 0 Å². The summed E-state index contributed by atoms with van der Waals surface area (Å²) in [5, 5.41) is 2.66. The smallest absolute Gasteiger partial charge is 0.0702 e. The van der Waals surface area contributed by atoms with Gasteiger partial charge in [-0.2, -0.15) is 0 Å². The molecule has 0 radical (unpaired) electrons. The van der Waals surface area contributed by atoms with Crippen LogP contribution in [-0.2, 0) is 0 Å². The summed E-state index contributed by atoms with van der Waals surface area (Å²) in [6, 6.07) is 52.4. The third-order valence-electron chi connectivity index (χ3n) is 11.6. The number of rotatable bonds is 6. The van der Waals surface area contributed by atoms with E-state index in [0.29, 0.717) is 0 Å². The molecule has 2 heteroatoms. The maximum Gasteiger partial charge on any atom is 0.0702 e. The van der Waals surface area contributed by atoms with E-state index in [-0.39, 0.29) is 11.3 Å². The van der Waals surface area contributed by atoms with Crippen molar-refractivity contribution in [1.82, 2.24) is 9.97 Å². The lowest BCUT2D eigenvalue weighted by atomic mass is 9.62. The zero-order valence-corrected chi connectivity index (χ0v) is 30.6. The van der Waals surface area contributed by atoms with E-state index >= 15 is 0 Å². The first-order valence-corrected chi connectivity index (χ1v) is 19.0. The molecule has 0 spiro atoms. The summed E-state index contributed by atoms with van der Waals surface area (Å²) >= 11 is 0. The molecule has 0 bridgehead atoms. The summed E-state index contributed by atoms with van der Waals surface area (Å²) < 4.78 is 0. The fourth-order valence-corrected chi connectivity index (χ4v) is 8.90. The lowest BCUT2D eigenvalue weighted by Crippen LogP contribution is -2.44. The van der Waals surface area contributed by atoms with Crippen molar-refractivity contribution in [2.45, 2.75) is 6.92 Å². The third kappa shape index (κ3) is 5.66. The van der Waals surface area contributed by atoms with E-state index in [1.54, 1.807) is 0 Å². The van der Waals surface area contributed by atoms with Crippen LogP contribution in [0.4, 0.5) is 0 Å². The number of aromatic nitrogens is 2. The summed E-state index contributed by atoms with van der Waals surface area (Å²) in [6.07, 6.45) is 21.9. The first-order valence-electron chi connectivity index (χ1n) is 19.0. The largest absolute Gasteiger partial charge is 0.264 e. The molecule has 0 aliphatic heterocycles. The number of hydrogen-bond acceptors (Lipinski definition) is 2. The zero-order valence-electron chi connectivity index (χ0n) is 30.6. The van der Waals surface area contributed by atoms with Gasteiger partial charge in [0.05, 0.1) is 5.69 Å². The number of allylic oxidation sites excluding steroid dienone is 8. The van der Waals surface area contributed by atoms with E-state index in [2.05, 4.69) is 182 Å². The van der Waals surface area contributed by atoms with Gasteiger partial charge in [-0.3, -0.25) is 9.97 Å². The highest BCUT2D eigenvalue weighted by Crippen LogP contribution is 2.49. The van der Waals surface area contributed by atoms with Gasteiger partial charge in [0, 0.05) is 41.1 Å². The minimum atomic E-state index is -0.0996. The Morgan fingerprint density at radius 1 is 0.509 bits per heavy atom. The second-order valence-corrected chi connectivity index (χ2v) is 14.7. The minimum Gasteiger partial charge on any atom is -0.264 e. The summed E-state index contributed by atoms with van der Waals surface area (Å²) in [5.41, 5.74) is 16.4. The Bertz CT molecular complexity index is 2820. The van der Waals surface area contributed by atoms with Gasteiger partial charge in [-0.05, 0) is 114 Å². The van der Waals surface area contributed by atoms with Crippen LogP contribution in [0.2, 0.25) is 0 Å². The van der Waals surface area contributed by atoms with Gasteiger partial charge < -0.3 is 0 Å². The quantitative estimate of drug-likeness (QED) is 0.172. The van der Waals surface area contributed by atoms with Crippen molar-refractivity contribution in [1.29, 1.82) is 0 Å². The molecule has 7 aromatic rings. The van der Waals surface area contributed by atoms with Crippen LogP contribution in [0.15, 0.2) is 207 Å². The van der Waals surface area contributed by atoms with Gasteiger partial charge in [0.15, 0.2) is 0 Å². The Morgan fingerprint density at radius 2 is 1.15 bits per heavy atom. The molecule has 10 rings (SSSR count). The molecular weight excluding hydrogens is 665 g/mol. The van der Waals surface area contributed by atoms with Crippen LogP contribution in [0.1, 0.15) is 12.5 Å². The van der Waals surface area contributed by atoms with Crippen LogP contribution in [0.5, 0.6) is 0 Å². The molecule has 3 aliphatic carbocycles. The molecule has 2 nitrogen and oxygen atoms in total. The molecule has 2 heterocycles. The number of benzene rings is 5. The molecule has 2 atom stereocenters. The fraction of sp³-hybridized carbons (Fsp3) is 0.0566. The van der Waals surface area contributed by atoms with Crippen LogP contribution in [0, 0.1) is 11.3 Å². The number of hydrogen-bond donors (Lipinski definition) is 0. The molecule has 2 aromatic heterocycles. The van der Waals surface area contributed by atoms with Crippen molar-refractivity contribution >= 4 is 16.7 Å². The second-order valence-electron chi connectivity index (χ2n) is 14.7. The van der Waals surface area contributed by atoms with Crippen molar-refractivity contribution in [3.63, 3.8) is 0 Å². The van der Waals surface area contributed by atoms with Gasteiger partial charge in [-0.25, -0.2) is 0 Å². The average Bonchev–Trinajstić information content (AvgIpc) is 3.27. The first-order chi connectivity index (χ1) is 27.2. The third-order valence-corrected chi connectivity index (χ3v) is 11.6. The van der Waals surface area contributed by atoms with E-state index < -0.39 is 0 Å². The summed E-state index contributed by atoms with van der Waals surface area (Å²) in [5.74, 6) is 0.257. The molecule has 0 fully saturated rings. The minimum absolute atomic E-state index is 0.0996. The number of pyridine rings is 2. The summed E-state index contributed by atoms with van der Waals surface area (Å²) in [7, 11) is 0. The van der Waals surface area contributed by atoms with E-state index in [1.165, 1.54) is 60.5 Å². The second kappa shape index (κ2) is 13.5. The van der Waals surface area contributed by atoms with Crippen molar-refractivity contribution in [2.75, 3.05) is 0 Å². The van der Waals surface area contributed by atoms with E-state index in [1.807, 2.05) is 36.8 Å². The van der Waals surface area contributed by atoms with Crippen LogP contribution in [0.25, 0.3) is 72.5 Å². The van der Waals surface area contributed by atoms with Crippen molar-refractivity contribution < 1.29 is 0 Å². The van der Waals surface area contributed by atoms with E-state index in [4.69, 9.17) is 4.98 Å². The molecule has 260 valence electrons. The molecule has 55 heavy (non-hydrogen) atoms. The van der Waals surface area contributed by atoms with Crippen molar-refractivity contribution in [2.24, 2.45) is 11.3 Å². The zero-order chi connectivity index (χ0) is 36.8. The molecule has 5 aromatic carbocycles. The van der Waals surface area contributed by atoms with Gasteiger partial charge in [-0.1, -0.05) is 153 Å². The highest BCUT2D eigenvalue weighted by Gasteiger charge is 2.40. The van der Waals surface area contributed by atoms with Crippen LogP contribution >= 0.6 is 0 Å². The van der Waals surface area contributed by atoms with Crippen molar-refractivity contribution in [3.8, 4) is 55.8 Å². The predicted molar refractivity (Wildman–Crippen MR) is 229 cm³/mol. The van der Waals surface area contributed by atoms with Gasteiger partial charge >= 0.3 is 0 Å². The Morgan fingerprint density at radius 3 is 1.87 bits per heavy atom. The topological polar surface area (TPSA) is 25.8 Å². The molecular formula is C53H38N2. The van der Waals surface area contributed by atoms with Gasteiger partial charge in [0.25, 0.3) is 0 Å². The predicted octanol–water partition coefficient (Wildman–Crippen LogP) is 11.5. The maximum absolute atomic E-state index is 4.73. The van der Waals surface area contributed by atoms with Gasteiger partial charge in [0.1, 0.15) is 0 Å². The lowest BCUT2D eigenvalue weighted by molar-refractivity contribution is 0.484. The molecule has 0 saturated carbocycles. The highest BCUT2D eigenvalue weighted by molar-refractivity contribution is 5.99. The fourth-order valence-electron chi connectivity index (χ4n) is 8.90. The van der Waals surface area contributed by atoms with E-state index in [9.17, 15) is 0 Å². The maximum atomic E-state index is 4.73. The number of nitrogens with zero attached hydrogens (tertiary/aromatic N) is 2. The molecule has 3 aliphatic rings. The lowest BCUT2D eigenvalue weighted by Gasteiger charge is -2.41. The van der Waals surface area contributed by atoms with E-state index in [0.717, 1.165) is 27.9 Å². The normalized spacial score (nSPS) is 18.0. The first kappa shape index (κ1) is 32.7. The standard InChI is InChI=1S/C53H38N2/c1-53-28-12-10-24-50(53)48-23-9-8-22-47(48)49-34-36(26-27-51(49)53)41-16-2-4-18-43(41)45-20-6-7-21-46(45)44-19-5-3-17-42(44)39-31-38(37-15-14-29-54-35-37)32-40(33-39)52-25-11-13-30-55-52/h2-35,51H,1H3. The Balaban J connectivity index is 1.13. The average molecular weight is 703 g/mol. The Labute approximate surface area is 322 Å². The SMILES string of the molecule is CC12C=CC=CC1=c1ccccc1=C1C=C(c3ccccc3-c3ccccc3-c3ccccc3-c3cc(-c4cccnc4)cc(-c4ccccn4)c3)C=CC12. The van der Waals surface area contributed by atoms with Crippen LogP contribution in [-0.4, -0.2) is 9.97 Å². The molecule has 0 amide bonds.